The predicted octanol–water partition coefficient (Wildman–Crippen LogP) is 2.70. The van der Waals surface area contributed by atoms with Gasteiger partial charge in [0.2, 0.25) is 5.91 Å². The second-order valence-electron chi connectivity index (χ2n) is 9.21. The topological polar surface area (TPSA) is 109 Å². The molecule has 9 heteroatoms. The molecule has 1 saturated carbocycles. The highest BCUT2D eigenvalue weighted by molar-refractivity contribution is 5.92. The molecule has 1 amide bonds. The van der Waals surface area contributed by atoms with Crippen molar-refractivity contribution in [1.29, 1.82) is 0 Å². The molecule has 0 spiro atoms. The fourth-order valence-corrected chi connectivity index (χ4v) is 5.72. The summed E-state index contributed by atoms with van der Waals surface area (Å²) in [5.41, 5.74) is 1.37. The van der Waals surface area contributed by atoms with Crippen molar-refractivity contribution in [2.24, 2.45) is 17.8 Å². The quantitative estimate of drug-likeness (QED) is 0.670. The number of carbonyl (C=O) groups is 3. The highest BCUT2D eigenvalue weighted by Gasteiger charge is 2.73. The van der Waals surface area contributed by atoms with Crippen molar-refractivity contribution in [2.45, 2.75) is 62.8 Å². The SMILES string of the molecule is COC(=O)[C@]12O[C@@H](OC)[C@@H]3OC(=O)[C@H](C[C@H](c4cccc(NC(=O)C5CCCCC5)c4)O1)[C@@H]32. The molecule has 1 aromatic carbocycles. The Morgan fingerprint density at radius 2 is 1.91 bits per heavy atom. The second kappa shape index (κ2) is 8.70. The van der Waals surface area contributed by atoms with Gasteiger partial charge >= 0.3 is 11.9 Å². The molecule has 1 aliphatic carbocycles. The molecule has 0 aromatic heterocycles. The maximum Gasteiger partial charge on any atom is 0.367 e. The van der Waals surface area contributed by atoms with E-state index >= 15 is 0 Å². The van der Waals surface area contributed by atoms with Crippen LogP contribution in [-0.4, -0.2) is 50.2 Å². The number of methoxy groups -OCH3 is 2. The summed E-state index contributed by atoms with van der Waals surface area (Å²) < 4.78 is 28.0. The van der Waals surface area contributed by atoms with Crippen LogP contribution in [0.25, 0.3) is 0 Å². The molecule has 0 unspecified atom stereocenters. The smallest absolute Gasteiger partial charge is 0.367 e. The van der Waals surface area contributed by atoms with Crippen LogP contribution in [0.1, 0.15) is 50.2 Å². The van der Waals surface area contributed by atoms with Gasteiger partial charge in [0.25, 0.3) is 5.79 Å². The lowest BCUT2D eigenvalue weighted by Crippen LogP contribution is -2.54. The summed E-state index contributed by atoms with van der Waals surface area (Å²) in [7, 11) is 2.67. The third-order valence-corrected chi connectivity index (χ3v) is 7.33. The zero-order valence-electron chi connectivity index (χ0n) is 18.8. The molecular formula is C24H29NO8. The number of ether oxygens (including phenoxy) is 5. The van der Waals surface area contributed by atoms with E-state index in [9.17, 15) is 14.4 Å². The van der Waals surface area contributed by atoms with Crippen molar-refractivity contribution in [1.82, 2.24) is 0 Å². The minimum Gasteiger partial charge on any atom is -0.465 e. The largest absolute Gasteiger partial charge is 0.465 e. The van der Waals surface area contributed by atoms with Crippen LogP contribution >= 0.6 is 0 Å². The third-order valence-electron chi connectivity index (χ3n) is 7.33. The molecule has 4 fully saturated rings. The molecule has 5 rings (SSSR count). The summed E-state index contributed by atoms with van der Waals surface area (Å²) in [6, 6.07) is 7.29. The summed E-state index contributed by atoms with van der Waals surface area (Å²) in [5, 5.41) is 3.01. The van der Waals surface area contributed by atoms with Gasteiger partial charge < -0.3 is 29.0 Å². The fraction of sp³-hybridized carbons (Fsp3) is 0.625. The minimum atomic E-state index is -1.80. The van der Waals surface area contributed by atoms with Gasteiger partial charge in [-0.25, -0.2) is 4.79 Å². The molecule has 3 heterocycles. The summed E-state index contributed by atoms with van der Waals surface area (Å²) >= 11 is 0. The number of rotatable bonds is 5. The molecule has 3 saturated heterocycles. The maximum absolute atomic E-state index is 12.9. The van der Waals surface area contributed by atoms with Gasteiger partial charge in [0.15, 0.2) is 12.4 Å². The Balaban J connectivity index is 1.41. The lowest BCUT2D eigenvalue weighted by molar-refractivity contribution is -0.311. The van der Waals surface area contributed by atoms with E-state index in [0.29, 0.717) is 12.1 Å². The molecule has 0 radical (unpaired) electrons. The highest BCUT2D eigenvalue weighted by atomic mass is 16.8. The van der Waals surface area contributed by atoms with Crippen LogP contribution in [0.15, 0.2) is 24.3 Å². The molecule has 6 atom stereocenters. The van der Waals surface area contributed by atoms with E-state index in [0.717, 1.165) is 31.2 Å². The number of anilines is 1. The van der Waals surface area contributed by atoms with Crippen LogP contribution in [0.4, 0.5) is 5.69 Å². The molecule has 3 aliphatic heterocycles. The Hall–Kier alpha value is -2.49. The second-order valence-corrected chi connectivity index (χ2v) is 9.21. The van der Waals surface area contributed by atoms with Gasteiger partial charge in [0.05, 0.1) is 25.0 Å². The Bertz CT molecular complexity index is 944. The zero-order valence-corrected chi connectivity index (χ0v) is 18.8. The van der Waals surface area contributed by atoms with Crippen molar-refractivity contribution in [3.63, 3.8) is 0 Å². The van der Waals surface area contributed by atoms with Crippen molar-refractivity contribution in [2.75, 3.05) is 19.5 Å². The van der Waals surface area contributed by atoms with Crippen molar-refractivity contribution in [3.05, 3.63) is 29.8 Å². The zero-order chi connectivity index (χ0) is 23.2. The number of hydrogen-bond acceptors (Lipinski definition) is 8. The van der Waals surface area contributed by atoms with E-state index < -0.39 is 48.1 Å². The first-order valence-electron chi connectivity index (χ1n) is 11.5. The van der Waals surface area contributed by atoms with Crippen LogP contribution in [0.3, 0.4) is 0 Å². The average molecular weight is 459 g/mol. The molecule has 1 aromatic rings. The van der Waals surface area contributed by atoms with Gasteiger partial charge in [-0.2, -0.15) is 0 Å². The maximum atomic E-state index is 12.9. The number of amides is 1. The first-order valence-corrected chi connectivity index (χ1v) is 11.5. The standard InChI is InChI=1S/C24H29NO8/c1-29-22-19-18-16(21(27)31-19)12-17(32-24(18,33-22)23(28)30-2)14-9-6-10-15(11-14)25-20(26)13-7-4-3-5-8-13/h6,9-11,13,16-19,22H,3-5,7-8,12H2,1-2H3,(H,25,26)/t16-,17-,18+,19-,22-,24+/m1/s1. The molecular weight excluding hydrogens is 430 g/mol. The van der Waals surface area contributed by atoms with Gasteiger partial charge in [0, 0.05) is 18.7 Å². The van der Waals surface area contributed by atoms with E-state index in [1.807, 2.05) is 24.3 Å². The van der Waals surface area contributed by atoms with Crippen LogP contribution in [0.2, 0.25) is 0 Å². The predicted molar refractivity (Wildman–Crippen MR) is 114 cm³/mol. The van der Waals surface area contributed by atoms with Gasteiger partial charge in [-0.1, -0.05) is 31.4 Å². The Morgan fingerprint density at radius 1 is 1.12 bits per heavy atom. The molecule has 1 N–H and O–H groups in total. The van der Waals surface area contributed by atoms with Gasteiger partial charge in [-0.3, -0.25) is 9.59 Å². The normalized spacial score (nSPS) is 35.6. The summed E-state index contributed by atoms with van der Waals surface area (Å²) in [5.74, 6) is -4.15. The monoisotopic (exact) mass is 459 g/mol. The van der Waals surface area contributed by atoms with Gasteiger partial charge in [0.1, 0.15) is 0 Å². The van der Waals surface area contributed by atoms with Gasteiger partial charge in [-0.05, 0) is 37.0 Å². The molecule has 178 valence electrons. The van der Waals surface area contributed by atoms with Gasteiger partial charge in [-0.15, -0.1) is 0 Å². The number of benzene rings is 1. The Morgan fingerprint density at radius 3 is 2.64 bits per heavy atom. The molecule has 4 aliphatic rings. The lowest BCUT2D eigenvalue weighted by Gasteiger charge is -2.40. The van der Waals surface area contributed by atoms with Crippen LogP contribution < -0.4 is 5.32 Å². The third kappa shape index (κ3) is 3.72. The van der Waals surface area contributed by atoms with Crippen molar-refractivity contribution < 1.29 is 38.1 Å². The molecule has 9 nitrogen and oxygen atoms in total. The fourth-order valence-electron chi connectivity index (χ4n) is 5.72. The number of esters is 2. The summed E-state index contributed by atoms with van der Waals surface area (Å²) in [4.78, 5) is 38.3. The van der Waals surface area contributed by atoms with E-state index in [1.54, 1.807) is 0 Å². The Labute approximate surface area is 192 Å². The first-order chi connectivity index (χ1) is 16.0. The van der Waals surface area contributed by atoms with E-state index in [4.69, 9.17) is 23.7 Å². The molecule has 0 bridgehead atoms. The number of carbonyl (C=O) groups excluding carboxylic acids is 3. The summed E-state index contributed by atoms with van der Waals surface area (Å²) in [6.45, 7) is 0. The van der Waals surface area contributed by atoms with Crippen LogP contribution in [0.5, 0.6) is 0 Å². The number of nitrogens with one attached hydrogen (secondary N) is 1. The molecule has 33 heavy (non-hydrogen) atoms. The van der Waals surface area contributed by atoms with Crippen LogP contribution in [0, 0.1) is 17.8 Å². The van der Waals surface area contributed by atoms with E-state index in [1.165, 1.54) is 20.6 Å². The van der Waals surface area contributed by atoms with Crippen molar-refractivity contribution in [3.8, 4) is 0 Å². The highest BCUT2D eigenvalue weighted by Crippen LogP contribution is 2.56. The van der Waals surface area contributed by atoms with Crippen LogP contribution in [-0.2, 0) is 38.1 Å². The first kappa shape index (κ1) is 22.3. The lowest BCUT2D eigenvalue weighted by atomic mass is 9.77. The van der Waals surface area contributed by atoms with Crippen molar-refractivity contribution >= 4 is 23.5 Å². The minimum absolute atomic E-state index is 0.0202. The van der Waals surface area contributed by atoms with E-state index in [-0.39, 0.29) is 11.8 Å². The summed E-state index contributed by atoms with van der Waals surface area (Å²) in [6.07, 6.45) is 3.15. The average Bonchev–Trinajstić information content (AvgIpc) is 3.36. The van der Waals surface area contributed by atoms with E-state index in [2.05, 4.69) is 5.32 Å². The Kier molecular flexibility index (Phi) is 5.88. The number of hydrogen-bond donors (Lipinski definition) is 1.